The summed E-state index contributed by atoms with van der Waals surface area (Å²) < 4.78 is 10.1. The summed E-state index contributed by atoms with van der Waals surface area (Å²) in [5, 5.41) is 3.47. The highest BCUT2D eigenvalue weighted by Gasteiger charge is 2.03. The second kappa shape index (κ2) is 4.99. The molecule has 5 nitrogen and oxygen atoms in total. The molecule has 0 unspecified atom stereocenters. The van der Waals surface area contributed by atoms with Crippen molar-refractivity contribution in [2.24, 2.45) is 5.11 Å². The van der Waals surface area contributed by atoms with Crippen molar-refractivity contribution in [3.05, 3.63) is 34.2 Å². The van der Waals surface area contributed by atoms with E-state index in [1.807, 2.05) is 0 Å². The molecule has 1 aromatic rings. The van der Waals surface area contributed by atoms with Crippen LogP contribution in [0.5, 0.6) is 11.5 Å². The van der Waals surface area contributed by atoms with Gasteiger partial charge in [0.05, 0.1) is 20.8 Å². The van der Waals surface area contributed by atoms with Crippen LogP contribution in [-0.4, -0.2) is 14.2 Å². The molecule has 74 valence electrons. The third-order valence-electron chi connectivity index (χ3n) is 1.79. The van der Waals surface area contributed by atoms with Crippen molar-refractivity contribution in [2.45, 2.75) is 6.54 Å². The van der Waals surface area contributed by atoms with Crippen molar-refractivity contribution >= 4 is 0 Å². The number of nitrogens with zero attached hydrogens (tertiary/aromatic N) is 3. The zero-order valence-corrected chi connectivity index (χ0v) is 8.10. The molecular weight excluding hydrogens is 182 g/mol. The lowest BCUT2D eigenvalue weighted by atomic mass is 10.2. The van der Waals surface area contributed by atoms with Gasteiger partial charge in [0.1, 0.15) is 11.5 Å². The van der Waals surface area contributed by atoms with Crippen molar-refractivity contribution in [1.29, 1.82) is 0 Å². The van der Waals surface area contributed by atoms with Crippen LogP contribution in [0.15, 0.2) is 23.3 Å². The van der Waals surface area contributed by atoms with Crippen LogP contribution < -0.4 is 9.47 Å². The SMILES string of the molecule is COc1ccc(OC)c(CN=[N+]=[N-])c1. The molecule has 0 heterocycles. The van der Waals surface area contributed by atoms with Gasteiger partial charge in [-0.25, -0.2) is 0 Å². The first-order valence-corrected chi connectivity index (χ1v) is 4.03. The predicted octanol–water partition coefficient (Wildman–Crippen LogP) is 2.51. The standard InChI is InChI=1S/C9H11N3O2/c1-13-8-3-4-9(14-2)7(5-8)6-11-12-10/h3-5H,6H2,1-2H3. The summed E-state index contributed by atoms with van der Waals surface area (Å²) in [7, 11) is 3.15. The second-order valence-electron chi connectivity index (χ2n) is 2.57. The van der Waals surface area contributed by atoms with Crippen LogP contribution in [0.4, 0.5) is 0 Å². The molecule has 0 aliphatic rings. The van der Waals surface area contributed by atoms with E-state index in [9.17, 15) is 0 Å². The molecule has 0 saturated heterocycles. The fraction of sp³-hybridized carbons (Fsp3) is 0.333. The van der Waals surface area contributed by atoms with Gasteiger partial charge in [-0.15, -0.1) is 0 Å². The Morgan fingerprint density at radius 2 is 2.14 bits per heavy atom. The highest BCUT2D eigenvalue weighted by molar-refractivity contribution is 5.40. The Hall–Kier alpha value is -1.87. The fourth-order valence-corrected chi connectivity index (χ4v) is 1.11. The van der Waals surface area contributed by atoms with E-state index in [1.165, 1.54) is 0 Å². The molecule has 0 radical (unpaired) electrons. The lowest BCUT2D eigenvalue weighted by molar-refractivity contribution is 0.399. The monoisotopic (exact) mass is 193 g/mol. The summed E-state index contributed by atoms with van der Waals surface area (Å²) in [4.78, 5) is 2.69. The van der Waals surface area contributed by atoms with E-state index in [4.69, 9.17) is 15.0 Å². The minimum Gasteiger partial charge on any atom is -0.497 e. The number of hydrogen-bond donors (Lipinski definition) is 0. The van der Waals surface area contributed by atoms with Crippen LogP contribution in [0.2, 0.25) is 0 Å². The summed E-state index contributed by atoms with van der Waals surface area (Å²) in [6.45, 7) is 0.261. The summed E-state index contributed by atoms with van der Waals surface area (Å²) in [5.41, 5.74) is 9.01. The van der Waals surface area contributed by atoms with Crippen molar-refractivity contribution < 1.29 is 9.47 Å². The maximum atomic E-state index is 8.20. The first kappa shape index (κ1) is 10.2. The Morgan fingerprint density at radius 1 is 1.36 bits per heavy atom. The van der Waals surface area contributed by atoms with Crippen LogP contribution in [0.1, 0.15) is 5.56 Å². The molecule has 0 atom stereocenters. The molecule has 0 bridgehead atoms. The molecule has 0 spiro atoms. The third-order valence-corrected chi connectivity index (χ3v) is 1.79. The minimum absolute atomic E-state index is 0.261. The van der Waals surface area contributed by atoms with Gasteiger partial charge in [0, 0.05) is 10.5 Å². The van der Waals surface area contributed by atoms with Crippen LogP contribution in [-0.2, 0) is 6.54 Å². The van der Waals surface area contributed by atoms with E-state index in [1.54, 1.807) is 32.4 Å². The molecule has 5 heteroatoms. The third kappa shape index (κ3) is 2.31. The highest BCUT2D eigenvalue weighted by atomic mass is 16.5. The summed E-state index contributed by atoms with van der Waals surface area (Å²) >= 11 is 0. The summed E-state index contributed by atoms with van der Waals surface area (Å²) in [5.74, 6) is 1.41. The normalized spacial score (nSPS) is 9.00. The first-order valence-electron chi connectivity index (χ1n) is 4.03. The molecule has 1 aromatic carbocycles. The van der Waals surface area contributed by atoms with E-state index in [-0.39, 0.29) is 6.54 Å². The maximum absolute atomic E-state index is 8.20. The Morgan fingerprint density at radius 3 is 2.71 bits per heavy atom. The highest BCUT2D eigenvalue weighted by Crippen LogP contribution is 2.24. The number of rotatable bonds is 4. The average molecular weight is 193 g/mol. The smallest absolute Gasteiger partial charge is 0.122 e. The Bertz CT molecular complexity index is 359. The van der Waals surface area contributed by atoms with Crippen molar-refractivity contribution in [3.8, 4) is 11.5 Å². The zero-order chi connectivity index (χ0) is 10.4. The zero-order valence-electron chi connectivity index (χ0n) is 8.10. The van der Waals surface area contributed by atoms with Gasteiger partial charge in [-0.3, -0.25) is 0 Å². The molecule has 0 N–H and O–H groups in total. The van der Waals surface area contributed by atoms with Crippen molar-refractivity contribution in [3.63, 3.8) is 0 Å². The fourth-order valence-electron chi connectivity index (χ4n) is 1.11. The van der Waals surface area contributed by atoms with Gasteiger partial charge in [-0.2, -0.15) is 0 Å². The van der Waals surface area contributed by atoms with Gasteiger partial charge >= 0.3 is 0 Å². The molecule has 0 fully saturated rings. The van der Waals surface area contributed by atoms with E-state index < -0.39 is 0 Å². The van der Waals surface area contributed by atoms with Gasteiger partial charge in [-0.05, 0) is 23.7 Å². The molecule has 0 aromatic heterocycles. The lowest BCUT2D eigenvalue weighted by Crippen LogP contribution is -1.92. The van der Waals surface area contributed by atoms with Crippen molar-refractivity contribution in [1.82, 2.24) is 0 Å². The van der Waals surface area contributed by atoms with Gasteiger partial charge in [0.25, 0.3) is 0 Å². The Balaban J connectivity index is 3.01. The van der Waals surface area contributed by atoms with Crippen LogP contribution in [0.3, 0.4) is 0 Å². The van der Waals surface area contributed by atoms with E-state index in [0.717, 1.165) is 5.56 Å². The van der Waals surface area contributed by atoms with Crippen LogP contribution in [0, 0.1) is 0 Å². The topological polar surface area (TPSA) is 67.2 Å². The van der Waals surface area contributed by atoms with E-state index >= 15 is 0 Å². The van der Waals surface area contributed by atoms with E-state index in [0.29, 0.717) is 11.5 Å². The van der Waals surface area contributed by atoms with Gasteiger partial charge in [-0.1, -0.05) is 5.11 Å². The van der Waals surface area contributed by atoms with Crippen LogP contribution >= 0.6 is 0 Å². The molecule has 0 aliphatic carbocycles. The van der Waals surface area contributed by atoms with Gasteiger partial charge in [0.2, 0.25) is 0 Å². The van der Waals surface area contributed by atoms with E-state index in [2.05, 4.69) is 10.0 Å². The van der Waals surface area contributed by atoms with Gasteiger partial charge < -0.3 is 9.47 Å². The molecular formula is C9H11N3O2. The van der Waals surface area contributed by atoms with Crippen molar-refractivity contribution in [2.75, 3.05) is 14.2 Å². The molecule has 14 heavy (non-hydrogen) atoms. The number of ether oxygens (including phenoxy) is 2. The lowest BCUT2D eigenvalue weighted by Gasteiger charge is -2.07. The summed E-state index contributed by atoms with van der Waals surface area (Å²) in [6, 6.07) is 5.35. The molecule has 1 rings (SSSR count). The second-order valence-corrected chi connectivity index (χ2v) is 2.57. The minimum atomic E-state index is 0.261. The first-order chi connectivity index (χ1) is 6.81. The Labute approximate surface area is 81.9 Å². The number of hydrogen-bond acceptors (Lipinski definition) is 3. The average Bonchev–Trinajstić information content (AvgIpc) is 2.25. The molecule has 0 aliphatic heterocycles. The molecule has 0 amide bonds. The predicted molar refractivity (Wildman–Crippen MR) is 52.4 cm³/mol. The quantitative estimate of drug-likeness (QED) is 0.419. The number of azide groups is 1. The summed E-state index contributed by atoms with van der Waals surface area (Å²) in [6.07, 6.45) is 0. The Kier molecular flexibility index (Phi) is 3.64. The molecule has 0 saturated carbocycles. The number of methoxy groups -OCH3 is 2. The van der Waals surface area contributed by atoms with Gasteiger partial charge in [0.15, 0.2) is 0 Å². The largest absolute Gasteiger partial charge is 0.497 e. The maximum Gasteiger partial charge on any atom is 0.122 e. The van der Waals surface area contributed by atoms with Crippen LogP contribution in [0.25, 0.3) is 10.4 Å². The number of benzene rings is 1.